The van der Waals surface area contributed by atoms with Crippen molar-refractivity contribution in [2.45, 2.75) is 33.4 Å². The molecular weight excluding hydrogens is 386 g/mol. The fourth-order valence-electron chi connectivity index (χ4n) is 2.90. The summed E-state index contributed by atoms with van der Waals surface area (Å²) in [6, 6.07) is 7.83. The Balaban J connectivity index is 1.69. The zero-order valence-corrected chi connectivity index (χ0v) is 15.7. The standard InChI is InChI=1S/C18H18F2N6O3/c1-11-5-3-4-6-13(11)8-24-9-14(7-21-24)22-15(27)10-25-12(2)17(26(28)29)16(23-25)18(19)20/h3-7,9,18H,8,10H2,1-2H3,(H,22,27). The van der Waals surface area contributed by atoms with E-state index >= 15 is 0 Å². The number of anilines is 1. The lowest BCUT2D eigenvalue weighted by atomic mass is 10.1. The summed E-state index contributed by atoms with van der Waals surface area (Å²) in [6.07, 6.45) is -0.0231. The summed E-state index contributed by atoms with van der Waals surface area (Å²) in [5.74, 6) is -0.568. The second-order valence-electron chi connectivity index (χ2n) is 6.44. The molecule has 9 nitrogen and oxygen atoms in total. The van der Waals surface area contributed by atoms with Crippen molar-refractivity contribution >= 4 is 17.3 Å². The molecule has 0 saturated carbocycles. The fourth-order valence-corrected chi connectivity index (χ4v) is 2.90. The maximum Gasteiger partial charge on any atom is 0.319 e. The molecule has 152 valence electrons. The molecule has 2 heterocycles. The van der Waals surface area contributed by atoms with E-state index in [-0.39, 0.29) is 5.69 Å². The highest BCUT2D eigenvalue weighted by molar-refractivity contribution is 5.90. The van der Waals surface area contributed by atoms with Crippen molar-refractivity contribution in [1.29, 1.82) is 0 Å². The van der Waals surface area contributed by atoms with Gasteiger partial charge in [-0.2, -0.15) is 10.2 Å². The van der Waals surface area contributed by atoms with E-state index in [1.807, 2.05) is 31.2 Å². The van der Waals surface area contributed by atoms with Crippen molar-refractivity contribution in [2.75, 3.05) is 5.32 Å². The van der Waals surface area contributed by atoms with Crippen LogP contribution in [0.5, 0.6) is 0 Å². The van der Waals surface area contributed by atoms with Crippen LogP contribution >= 0.6 is 0 Å². The molecule has 0 fully saturated rings. The van der Waals surface area contributed by atoms with Crippen molar-refractivity contribution < 1.29 is 18.5 Å². The highest BCUT2D eigenvalue weighted by Gasteiger charge is 2.31. The molecule has 0 unspecified atom stereocenters. The van der Waals surface area contributed by atoms with Crippen molar-refractivity contribution in [1.82, 2.24) is 19.6 Å². The summed E-state index contributed by atoms with van der Waals surface area (Å²) in [4.78, 5) is 22.3. The predicted octanol–water partition coefficient (Wildman–Crippen LogP) is 3.23. The van der Waals surface area contributed by atoms with Crippen LogP contribution in [0.25, 0.3) is 0 Å². The van der Waals surface area contributed by atoms with E-state index in [2.05, 4.69) is 15.5 Å². The molecule has 11 heteroatoms. The molecular formula is C18H18F2N6O3. The van der Waals surface area contributed by atoms with Gasteiger partial charge in [0.25, 0.3) is 6.43 Å². The molecule has 0 saturated heterocycles. The van der Waals surface area contributed by atoms with Gasteiger partial charge < -0.3 is 5.32 Å². The highest BCUT2D eigenvalue weighted by Crippen LogP contribution is 2.30. The third-order valence-electron chi connectivity index (χ3n) is 4.39. The minimum absolute atomic E-state index is 0.115. The monoisotopic (exact) mass is 404 g/mol. The summed E-state index contributed by atoms with van der Waals surface area (Å²) in [7, 11) is 0. The summed E-state index contributed by atoms with van der Waals surface area (Å²) < 4.78 is 28.5. The van der Waals surface area contributed by atoms with Crippen LogP contribution in [0.15, 0.2) is 36.7 Å². The number of nitrogens with one attached hydrogen (secondary N) is 1. The first-order chi connectivity index (χ1) is 13.8. The Bertz CT molecular complexity index is 1060. The number of hydrogen-bond acceptors (Lipinski definition) is 5. The molecule has 0 atom stereocenters. The zero-order valence-electron chi connectivity index (χ0n) is 15.7. The summed E-state index contributed by atoms with van der Waals surface area (Å²) in [6.45, 7) is 3.33. The molecule has 0 aliphatic heterocycles. The normalized spacial score (nSPS) is 11.1. The quantitative estimate of drug-likeness (QED) is 0.480. The molecule has 29 heavy (non-hydrogen) atoms. The maximum absolute atomic E-state index is 13.0. The molecule has 1 aromatic carbocycles. The first kappa shape index (κ1) is 20.1. The second kappa shape index (κ2) is 8.17. The third kappa shape index (κ3) is 4.45. The third-order valence-corrected chi connectivity index (χ3v) is 4.39. The number of carbonyl (C=O) groups excluding carboxylic acids is 1. The van der Waals surface area contributed by atoms with Crippen molar-refractivity contribution in [2.24, 2.45) is 0 Å². The van der Waals surface area contributed by atoms with E-state index < -0.39 is 35.2 Å². The number of rotatable bonds is 7. The number of amides is 1. The van der Waals surface area contributed by atoms with Crippen LogP contribution in [-0.4, -0.2) is 30.4 Å². The molecule has 2 aromatic heterocycles. The van der Waals surface area contributed by atoms with Gasteiger partial charge in [0.1, 0.15) is 12.2 Å². The molecule has 1 amide bonds. The van der Waals surface area contributed by atoms with Gasteiger partial charge in [0.05, 0.1) is 23.4 Å². The lowest BCUT2D eigenvalue weighted by Crippen LogP contribution is -2.20. The van der Waals surface area contributed by atoms with Crippen molar-refractivity contribution in [3.05, 3.63) is 69.3 Å². The largest absolute Gasteiger partial charge is 0.322 e. The molecule has 0 bridgehead atoms. The van der Waals surface area contributed by atoms with Crippen LogP contribution in [0, 0.1) is 24.0 Å². The number of aromatic nitrogens is 4. The molecule has 0 spiro atoms. The van der Waals surface area contributed by atoms with E-state index in [4.69, 9.17) is 0 Å². The Morgan fingerprint density at radius 3 is 2.66 bits per heavy atom. The number of carbonyl (C=O) groups is 1. The van der Waals surface area contributed by atoms with Gasteiger partial charge in [0, 0.05) is 6.20 Å². The number of nitro groups is 1. The number of benzene rings is 1. The van der Waals surface area contributed by atoms with Crippen LogP contribution in [0.2, 0.25) is 0 Å². The Labute approximate surface area is 164 Å². The van der Waals surface area contributed by atoms with Gasteiger partial charge in [-0.1, -0.05) is 24.3 Å². The molecule has 0 aliphatic rings. The lowest BCUT2D eigenvalue weighted by molar-refractivity contribution is -0.386. The maximum atomic E-state index is 13.0. The number of nitrogens with zero attached hydrogens (tertiary/aromatic N) is 5. The van der Waals surface area contributed by atoms with Crippen LogP contribution < -0.4 is 5.32 Å². The van der Waals surface area contributed by atoms with Gasteiger partial charge >= 0.3 is 5.69 Å². The van der Waals surface area contributed by atoms with E-state index in [1.54, 1.807) is 10.9 Å². The summed E-state index contributed by atoms with van der Waals surface area (Å²) >= 11 is 0. The SMILES string of the molecule is Cc1ccccc1Cn1cc(NC(=O)Cn2nc(C(F)F)c([N+](=O)[O-])c2C)cn1. The first-order valence-corrected chi connectivity index (χ1v) is 8.63. The van der Waals surface area contributed by atoms with Gasteiger partial charge in [-0.05, 0) is 25.0 Å². The van der Waals surface area contributed by atoms with Crippen LogP contribution in [0.3, 0.4) is 0 Å². The molecule has 0 aliphatic carbocycles. The van der Waals surface area contributed by atoms with Gasteiger partial charge in [-0.3, -0.25) is 24.3 Å². The fraction of sp³-hybridized carbons (Fsp3) is 0.278. The Morgan fingerprint density at radius 1 is 1.31 bits per heavy atom. The second-order valence-corrected chi connectivity index (χ2v) is 6.44. The van der Waals surface area contributed by atoms with Crippen molar-refractivity contribution in [3.63, 3.8) is 0 Å². The molecule has 3 rings (SSSR count). The van der Waals surface area contributed by atoms with Crippen LogP contribution in [0.1, 0.15) is 28.9 Å². The minimum Gasteiger partial charge on any atom is -0.322 e. The number of hydrogen-bond donors (Lipinski definition) is 1. The average molecular weight is 404 g/mol. The number of halogens is 2. The summed E-state index contributed by atoms with van der Waals surface area (Å²) in [5, 5.41) is 21.3. The number of alkyl halides is 2. The van der Waals surface area contributed by atoms with Gasteiger partial charge in [0.2, 0.25) is 11.6 Å². The van der Waals surface area contributed by atoms with E-state index in [1.165, 1.54) is 13.1 Å². The van der Waals surface area contributed by atoms with Gasteiger partial charge in [0.15, 0.2) is 0 Å². The van der Waals surface area contributed by atoms with E-state index in [0.29, 0.717) is 12.2 Å². The topological polar surface area (TPSA) is 108 Å². The lowest BCUT2D eigenvalue weighted by Gasteiger charge is -2.06. The van der Waals surface area contributed by atoms with E-state index in [0.717, 1.165) is 15.8 Å². The Morgan fingerprint density at radius 2 is 2.03 bits per heavy atom. The summed E-state index contributed by atoms with van der Waals surface area (Å²) in [5.41, 5.74) is 0.754. The van der Waals surface area contributed by atoms with Crippen molar-refractivity contribution in [3.8, 4) is 0 Å². The molecule has 3 aromatic rings. The van der Waals surface area contributed by atoms with Crippen LogP contribution in [0.4, 0.5) is 20.2 Å². The van der Waals surface area contributed by atoms with Gasteiger partial charge in [-0.15, -0.1) is 0 Å². The zero-order chi connectivity index (χ0) is 21.1. The first-order valence-electron chi connectivity index (χ1n) is 8.63. The van der Waals surface area contributed by atoms with E-state index in [9.17, 15) is 23.7 Å². The smallest absolute Gasteiger partial charge is 0.319 e. The predicted molar refractivity (Wildman–Crippen MR) is 99.7 cm³/mol. The number of aryl methyl sites for hydroxylation is 1. The Hall–Kier alpha value is -3.63. The minimum atomic E-state index is -3.11. The molecule has 1 N–H and O–H groups in total. The Kier molecular flexibility index (Phi) is 5.66. The van der Waals surface area contributed by atoms with Gasteiger partial charge in [-0.25, -0.2) is 8.78 Å². The highest BCUT2D eigenvalue weighted by atomic mass is 19.3. The average Bonchev–Trinajstić information content (AvgIpc) is 3.21. The van der Waals surface area contributed by atoms with Crippen LogP contribution in [-0.2, 0) is 17.9 Å². The molecule has 0 radical (unpaired) electrons.